The lowest BCUT2D eigenvalue weighted by atomic mass is 10.1. The summed E-state index contributed by atoms with van der Waals surface area (Å²) in [6.07, 6.45) is -0.290. The molecule has 0 saturated heterocycles. The fourth-order valence-corrected chi connectivity index (χ4v) is 2.87. The van der Waals surface area contributed by atoms with Gasteiger partial charge in [0.25, 0.3) is 5.91 Å². The van der Waals surface area contributed by atoms with Crippen LogP contribution in [0, 0.1) is 11.6 Å². The average molecular weight is 441 g/mol. The molecule has 1 unspecified atom stereocenters. The number of anilines is 1. The summed E-state index contributed by atoms with van der Waals surface area (Å²) in [7, 11) is 0. The van der Waals surface area contributed by atoms with Crippen molar-refractivity contribution in [2.75, 3.05) is 5.32 Å². The summed E-state index contributed by atoms with van der Waals surface area (Å²) in [4.78, 5) is 36.6. The molecule has 0 fully saturated rings. The molecule has 4 N–H and O–H groups in total. The van der Waals surface area contributed by atoms with Crippen molar-refractivity contribution in [3.05, 3.63) is 83.1 Å². The van der Waals surface area contributed by atoms with Gasteiger partial charge in [-0.3, -0.25) is 19.5 Å². The van der Waals surface area contributed by atoms with Crippen molar-refractivity contribution in [2.45, 2.75) is 25.9 Å². The van der Waals surface area contributed by atoms with Crippen molar-refractivity contribution in [3.63, 3.8) is 0 Å². The second-order valence-corrected chi connectivity index (χ2v) is 7.07. The van der Waals surface area contributed by atoms with E-state index in [1.54, 1.807) is 0 Å². The smallest absolute Gasteiger partial charge is 0.272 e. The molecular formula is C22H21F2N5O3. The van der Waals surface area contributed by atoms with Crippen LogP contribution in [0.2, 0.25) is 0 Å². The molecule has 0 saturated carbocycles. The molecule has 10 heteroatoms. The molecule has 32 heavy (non-hydrogen) atoms. The molecular weight excluding hydrogens is 420 g/mol. The molecule has 0 bridgehead atoms. The van der Waals surface area contributed by atoms with Crippen molar-refractivity contribution in [1.82, 2.24) is 20.8 Å². The zero-order valence-electron chi connectivity index (χ0n) is 17.1. The van der Waals surface area contributed by atoms with E-state index in [4.69, 9.17) is 0 Å². The van der Waals surface area contributed by atoms with E-state index in [2.05, 4.69) is 26.1 Å². The van der Waals surface area contributed by atoms with Crippen LogP contribution in [0.3, 0.4) is 0 Å². The van der Waals surface area contributed by atoms with Gasteiger partial charge in [-0.2, -0.15) is 5.10 Å². The van der Waals surface area contributed by atoms with Crippen LogP contribution in [0.5, 0.6) is 0 Å². The second kappa shape index (κ2) is 10.3. The number of amides is 3. The molecule has 1 aromatic heterocycles. The van der Waals surface area contributed by atoms with E-state index >= 15 is 0 Å². The molecule has 2 aromatic carbocycles. The average Bonchev–Trinajstić information content (AvgIpc) is 3.20. The van der Waals surface area contributed by atoms with Gasteiger partial charge in [0.15, 0.2) is 5.69 Å². The van der Waals surface area contributed by atoms with Crippen LogP contribution < -0.4 is 16.0 Å². The Labute approximate surface area is 182 Å². The number of nitrogens with zero attached hydrogens (tertiary/aromatic N) is 1. The number of carbonyl (C=O) groups is 3. The SMILES string of the molecule is CC(NC(=O)Cc1cc(F)cc(F)c1)C(=O)Nc1cc(C(=O)NCc2ccccc2)n[nH]1. The fraction of sp³-hybridized carbons (Fsp3) is 0.182. The third-order valence-corrected chi connectivity index (χ3v) is 4.42. The van der Waals surface area contributed by atoms with Gasteiger partial charge in [-0.15, -0.1) is 0 Å². The Balaban J connectivity index is 1.49. The van der Waals surface area contributed by atoms with Crippen LogP contribution in [0.4, 0.5) is 14.6 Å². The first kappa shape index (κ1) is 22.6. The summed E-state index contributed by atoms with van der Waals surface area (Å²) in [5.41, 5.74) is 1.16. The molecule has 3 amide bonds. The summed E-state index contributed by atoms with van der Waals surface area (Å²) in [6, 6.07) is 12.6. The molecule has 0 aliphatic carbocycles. The summed E-state index contributed by atoms with van der Waals surface area (Å²) < 4.78 is 26.5. The molecule has 0 aliphatic heterocycles. The molecule has 166 valence electrons. The summed E-state index contributed by atoms with van der Waals surface area (Å²) in [6.45, 7) is 1.77. The Hall–Kier alpha value is -4.08. The second-order valence-electron chi connectivity index (χ2n) is 7.07. The summed E-state index contributed by atoms with van der Waals surface area (Å²) >= 11 is 0. The van der Waals surface area contributed by atoms with Crippen LogP contribution in [0.15, 0.2) is 54.6 Å². The number of hydrogen-bond donors (Lipinski definition) is 4. The monoisotopic (exact) mass is 441 g/mol. The van der Waals surface area contributed by atoms with Gasteiger partial charge >= 0.3 is 0 Å². The molecule has 1 heterocycles. The van der Waals surface area contributed by atoms with Gasteiger partial charge in [0.1, 0.15) is 23.5 Å². The molecule has 8 nitrogen and oxygen atoms in total. The third kappa shape index (κ3) is 6.46. The predicted octanol–water partition coefficient (Wildman–Crippen LogP) is 2.30. The van der Waals surface area contributed by atoms with E-state index in [0.29, 0.717) is 12.6 Å². The topological polar surface area (TPSA) is 116 Å². The minimum Gasteiger partial charge on any atom is -0.347 e. The highest BCUT2D eigenvalue weighted by Crippen LogP contribution is 2.09. The minimum atomic E-state index is -0.945. The Morgan fingerprint density at radius 1 is 1.00 bits per heavy atom. The standard InChI is InChI=1S/C22H21F2N5O3/c1-13(26-20(30)9-15-7-16(23)10-17(24)8-15)21(31)27-19-11-18(28-29-19)22(32)25-12-14-5-3-2-4-6-14/h2-8,10-11,13H,9,12H2,1H3,(H,25,32)(H,26,30)(H2,27,28,29,31). The highest BCUT2D eigenvalue weighted by Gasteiger charge is 2.18. The number of nitrogens with one attached hydrogen (secondary N) is 4. The Bertz CT molecular complexity index is 1100. The zero-order valence-corrected chi connectivity index (χ0v) is 17.1. The van der Waals surface area contributed by atoms with Crippen molar-refractivity contribution >= 4 is 23.5 Å². The maximum Gasteiger partial charge on any atom is 0.272 e. The molecule has 0 radical (unpaired) electrons. The maximum absolute atomic E-state index is 13.2. The van der Waals surface area contributed by atoms with Crippen LogP contribution in [0.1, 0.15) is 28.5 Å². The van der Waals surface area contributed by atoms with Crippen molar-refractivity contribution in [3.8, 4) is 0 Å². The third-order valence-electron chi connectivity index (χ3n) is 4.42. The van der Waals surface area contributed by atoms with Crippen LogP contribution in [-0.4, -0.2) is 34.0 Å². The minimum absolute atomic E-state index is 0.0843. The van der Waals surface area contributed by atoms with Crippen LogP contribution in [-0.2, 0) is 22.6 Å². The zero-order chi connectivity index (χ0) is 23.1. The Kier molecular flexibility index (Phi) is 7.27. The van der Waals surface area contributed by atoms with E-state index in [0.717, 1.165) is 17.7 Å². The first-order valence-electron chi connectivity index (χ1n) is 9.73. The highest BCUT2D eigenvalue weighted by molar-refractivity contribution is 5.98. The van der Waals surface area contributed by atoms with Gasteiger partial charge in [0, 0.05) is 18.7 Å². The van der Waals surface area contributed by atoms with Crippen molar-refractivity contribution in [2.24, 2.45) is 0 Å². The van der Waals surface area contributed by atoms with Gasteiger partial charge in [-0.1, -0.05) is 30.3 Å². The molecule has 3 rings (SSSR count). The maximum atomic E-state index is 13.2. The Morgan fingerprint density at radius 3 is 2.38 bits per heavy atom. The van der Waals surface area contributed by atoms with Gasteiger partial charge in [0.2, 0.25) is 11.8 Å². The number of carbonyl (C=O) groups excluding carboxylic acids is 3. The molecule has 0 spiro atoms. The van der Waals surface area contributed by atoms with E-state index in [1.165, 1.54) is 13.0 Å². The van der Waals surface area contributed by atoms with E-state index in [-0.39, 0.29) is 23.5 Å². The van der Waals surface area contributed by atoms with E-state index in [9.17, 15) is 23.2 Å². The van der Waals surface area contributed by atoms with Crippen molar-refractivity contribution in [1.29, 1.82) is 0 Å². The predicted molar refractivity (Wildman–Crippen MR) is 112 cm³/mol. The van der Waals surface area contributed by atoms with Crippen LogP contribution >= 0.6 is 0 Å². The summed E-state index contributed by atoms with van der Waals surface area (Å²) in [5.74, 6) is -2.97. The summed E-state index contributed by atoms with van der Waals surface area (Å²) in [5, 5.41) is 14.1. The largest absolute Gasteiger partial charge is 0.347 e. The molecule has 3 aromatic rings. The van der Waals surface area contributed by atoms with Gasteiger partial charge in [-0.05, 0) is 30.2 Å². The number of H-pyrrole nitrogens is 1. The van der Waals surface area contributed by atoms with Gasteiger partial charge in [0.05, 0.1) is 6.42 Å². The first-order valence-corrected chi connectivity index (χ1v) is 9.73. The number of benzene rings is 2. The van der Waals surface area contributed by atoms with Gasteiger partial charge in [-0.25, -0.2) is 8.78 Å². The number of halogens is 2. The number of hydrogen-bond acceptors (Lipinski definition) is 4. The van der Waals surface area contributed by atoms with Crippen LogP contribution in [0.25, 0.3) is 0 Å². The quantitative estimate of drug-likeness (QED) is 0.429. The number of rotatable bonds is 8. The molecule has 1 atom stereocenters. The van der Waals surface area contributed by atoms with Crippen molar-refractivity contribution < 1.29 is 23.2 Å². The normalized spacial score (nSPS) is 11.5. The van der Waals surface area contributed by atoms with E-state index < -0.39 is 35.4 Å². The lowest BCUT2D eigenvalue weighted by molar-refractivity contribution is -0.125. The number of aromatic amines is 1. The molecule has 0 aliphatic rings. The fourth-order valence-electron chi connectivity index (χ4n) is 2.87. The number of aromatic nitrogens is 2. The Morgan fingerprint density at radius 2 is 1.69 bits per heavy atom. The van der Waals surface area contributed by atoms with E-state index in [1.807, 2.05) is 30.3 Å². The highest BCUT2D eigenvalue weighted by atomic mass is 19.1. The lowest BCUT2D eigenvalue weighted by Crippen LogP contribution is -2.42. The van der Waals surface area contributed by atoms with Gasteiger partial charge < -0.3 is 16.0 Å². The first-order chi connectivity index (χ1) is 15.3. The lowest BCUT2D eigenvalue weighted by Gasteiger charge is -2.13.